The molecule has 0 bridgehead atoms. The Labute approximate surface area is 135 Å². The smallest absolute Gasteiger partial charge is 0.253 e. The Hall–Kier alpha value is -2.37. The van der Waals surface area contributed by atoms with Gasteiger partial charge in [0, 0.05) is 25.3 Å². The molecule has 0 spiro atoms. The summed E-state index contributed by atoms with van der Waals surface area (Å²) in [5, 5.41) is 16.3. The summed E-state index contributed by atoms with van der Waals surface area (Å²) in [4.78, 5) is 12.5. The fourth-order valence-electron chi connectivity index (χ4n) is 2.54. The van der Waals surface area contributed by atoms with Crippen molar-refractivity contribution >= 4 is 17.3 Å². The van der Waals surface area contributed by atoms with E-state index in [1.54, 1.807) is 6.07 Å². The van der Waals surface area contributed by atoms with Gasteiger partial charge in [0.2, 0.25) is 0 Å². The van der Waals surface area contributed by atoms with Crippen LogP contribution in [0.3, 0.4) is 0 Å². The fourth-order valence-corrected chi connectivity index (χ4v) is 2.54. The van der Waals surface area contributed by atoms with Gasteiger partial charge in [-0.25, -0.2) is 0 Å². The first-order chi connectivity index (χ1) is 11.2. The van der Waals surface area contributed by atoms with E-state index in [1.165, 1.54) is 0 Å². The van der Waals surface area contributed by atoms with Crippen molar-refractivity contribution in [2.24, 2.45) is 0 Å². The zero-order chi connectivity index (χ0) is 16.1. The lowest BCUT2D eigenvalue weighted by Crippen LogP contribution is -2.43. The Balaban J connectivity index is 1.70. The molecule has 1 saturated heterocycles. The van der Waals surface area contributed by atoms with Crippen molar-refractivity contribution in [3.05, 3.63) is 60.2 Å². The van der Waals surface area contributed by atoms with Gasteiger partial charge in [0.1, 0.15) is 5.60 Å². The molecule has 2 aromatic rings. The Morgan fingerprint density at radius 1 is 1.13 bits per heavy atom. The van der Waals surface area contributed by atoms with Gasteiger partial charge in [0.15, 0.2) is 0 Å². The van der Waals surface area contributed by atoms with Gasteiger partial charge in [0.25, 0.3) is 5.91 Å². The molecule has 23 heavy (non-hydrogen) atoms. The molecular weight excluding hydrogens is 292 g/mol. The summed E-state index contributed by atoms with van der Waals surface area (Å²) in [6.45, 7) is 0.973. The minimum Gasteiger partial charge on any atom is -0.386 e. The average Bonchev–Trinajstić information content (AvgIpc) is 3.01. The van der Waals surface area contributed by atoms with Crippen LogP contribution in [-0.4, -0.2) is 36.4 Å². The van der Waals surface area contributed by atoms with Gasteiger partial charge in [-0.15, -0.1) is 0 Å². The molecule has 120 valence electrons. The van der Waals surface area contributed by atoms with E-state index in [0.29, 0.717) is 18.6 Å². The zero-order valence-electron chi connectivity index (χ0n) is 12.8. The molecule has 1 aliphatic heterocycles. The van der Waals surface area contributed by atoms with Gasteiger partial charge in [-0.05, 0) is 24.3 Å². The second-order valence-electron chi connectivity index (χ2n) is 5.75. The molecule has 1 unspecified atom stereocenters. The molecule has 1 amide bonds. The number of anilines is 2. The standard InChI is InChI=1S/C18H20N2O3/c21-17(19-12-18(22)10-11-23-13-18)15-8-4-5-9-16(15)20-14-6-2-1-3-7-14/h1-9,20,22H,10-13H2,(H,19,21). The van der Waals surface area contributed by atoms with Gasteiger partial charge in [-0.1, -0.05) is 30.3 Å². The summed E-state index contributed by atoms with van der Waals surface area (Å²) < 4.78 is 5.19. The van der Waals surface area contributed by atoms with Crippen molar-refractivity contribution in [2.45, 2.75) is 12.0 Å². The van der Waals surface area contributed by atoms with E-state index in [9.17, 15) is 9.90 Å². The normalized spacial score (nSPS) is 20.2. The minimum absolute atomic E-state index is 0.186. The first-order valence-electron chi connectivity index (χ1n) is 7.66. The predicted molar refractivity (Wildman–Crippen MR) is 88.9 cm³/mol. The van der Waals surface area contributed by atoms with Crippen molar-refractivity contribution in [1.82, 2.24) is 5.32 Å². The summed E-state index contributed by atoms with van der Waals surface area (Å²) in [7, 11) is 0. The second-order valence-corrected chi connectivity index (χ2v) is 5.75. The van der Waals surface area contributed by atoms with E-state index >= 15 is 0 Å². The number of carbonyl (C=O) groups excluding carboxylic acids is 1. The summed E-state index contributed by atoms with van der Waals surface area (Å²) in [5.41, 5.74) is 1.22. The van der Waals surface area contributed by atoms with Crippen molar-refractivity contribution in [1.29, 1.82) is 0 Å². The maximum Gasteiger partial charge on any atom is 0.253 e. The summed E-state index contributed by atoms with van der Waals surface area (Å²) >= 11 is 0. The van der Waals surface area contributed by atoms with E-state index in [2.05, 4.69) is 10.6 Å². The van der Waals surface area contributed by atoms with Crippen LogP contribution in [-0.2, 0) is 4.74 Å². The van der Waals surface area contributed by atoms with E-state index in [-0.39, 0.29) is 19.1 Å². The first-order valence-corrected chi connectivity index (χ1v) is 7.66. The lowest BCUT2D eigenvalue weighted by molar-refractivity contribution is 0.0265. The number of para-hydroxylation sites is 2. The average molecular weight is 312 g/mol. The number of ether oxygens (including phenoxy) is 1. The number of amides is 1. The topological polar surface area (TPSA) is 70.6 Å². The summed E-state index contributed by atoms with van der Waals surface area (Å²) in [6.07, 6.45) is 0.539. The van der Waals surface area contributed by atoms with Crippen LogP contribution in [0.15, 0.2) is 54.6 Å². The molecule has 0 aliphatic carbocycles. The molecule has 5 nitrogen and oxygen atoms in total. The van der Waals surface area contributed by atoms with Gasteiger partial charge in [0.05, 0.1) is 17.9 Å². The number of benzene rings is 2. The van der Waals surface area contributed by atoms with E-state index < -0.39 is 5.60 Å². The van der Waals surface area contributed by atoms with Crippen LogP contribution in [0.5, 0.6) is 0 Å². The monoisotopic (exact) mass is 312 g/mol. The minimum atomic E-state index is -0.961. The molecule has 3 rings (SSSR count). The molecule has 1 heterocycles. The second kappa shape index (κ2) is 6.81. The SMILES string of the molecule is O=C(NCC1(O)CCOC1)c1ccccc1Nc1ccccc1. The van der Waals surface area contributed by atoms with E-state index in [1.807, 2.05) is 48.5 Å². The van der Waals surface area contributed by atoms with Gasteiger partial charge >= 0.3 is 0 Å². The Kier molecular flexibility index (Phi) is 4.60. The quantitative estimate of drug-likeness (QED) is 0.792. The maximum absolute atomic E-state index is 12.5. The van der Waals surface area contributed by atoms with E-state index in [4.69, 9.17) is 4.74 Å². The maximum atomic E-state index is 12.5. The fraction of sp³-hybridized carbons (Fsp3) is 0.278. The Bertz CT molecular complexity index is 667. The third-order valence-corrected chi connectivity index (χ3v) is 3.88. The molecule has 0 saturated carbocycles. The third kappa shape index (κ3) is 3.88. The highest BCUT2D eigenvalue weighted by atomic mass is 16.5. The molecule has 0 aromatic heterocycles. The van der Waals surface area contributed by atoms with Crippen LogP contribution in [0.1, 0.15) is 16.8 Å². The largest absolute Gasteiger partial charge is 0.386 e. The number of rotatable bonds is 5. The summed E-state index contributed by atoms with van der Waals surface area (Å²) in [5.74, 6) is -0.218. The molecular formula is C18H20N2O3. The molecule has 2 aromatic carbocycles. The van der Waals surface area contributed by atoms with Crippen LogP contribution in [0.4, 0.5) is 11.4 Å². The lowest BCUT2D eigenvalue weighted by atomic mass is 10.0. The highest BCUT2D eigenvalue weighted by molar-refractivity contribution is 6.00. The molecule has 1 fully saturated rings. The number of hydrogen-bond donors (Lipinski definition) is 3. The Morgan fingerprint density at radius 2 is 1.87 bits per heavy atom. The highest BCUT2D eigenvalue weighted by Crippen LogP contribution is 2.21. The van der Waals surface area contributed by atoms with Crippen molar-refractivity contribution in [3.63, 3.8) is 0 Å². The van der Waals surface area contributed by atoms with Crippen molar-refractivity contribution in [3.8, 4) is 0 Å². The molecule has 1 atom stereocenters. The van der Waals surface area contributed by atoms with Crippen LogP contribution in [0.2, 0.25) is 0 Å². The number of nitrogens with one attached hydrogen (secondary N) is 2. The molecule has 5 heteroatoms. The summed E-state index contributed by atoms with van der Waals surface area (Å²) in [6, 6.07) is 17.0. The van der Waals surface area contributed by atoms with E-state index in [0.717, 1.165) is 11.4 Å². The third-order valence-electron chi connectivity index (χ3n) is 3.88. The highest BCUT2D eigenvalue weighted by Gasteiger charge is 2.32. The van der Waals surface area contributed by atoms with Crippen LogP contribution in [0, 0.1) is 0 Å². The molecule has 1 aliphatic rings. The van der Waals surface area contributed by atoms with Crippen LogP contribution in [0.25, 0.3) is 0 Å². The zero-order valence-corrected chi connectivity index (χ0v) is 12.8. The number of hydrogen-bond acceptors (Lipinski definition) is 4. The van der Waals surface area contributed by atoms with Crippen molar-refractivity contribution in [2.75, 3.05) is 25.1 Å². The lowest BCUT2D eigenvalue weighted by Gasteiger charge is -2.21. The Morgan fingerprint density at radius 3 is 2.61 bits per heavy atom. The van der Waals surface area contributed by atoms with Crippen LogP contribution < -0.4 is 10.6 Å². The predicted octanol–water partition coefficient (Wildman–Crippen LogP) is 2.31. The van der Waals surface area contributed by atoms with Gasteiger partial charge < -0.3 is 20.5 Å². The van der Waals surface area contributed by atoms with Gasteiger partial charge in [-0.3, -0.25) is 4.79 Å². The first kappa shape index (κ1) is 15.5. The molecule has 3 N–H and O–H groups in total. The number of carbonyl (C=O) groups is 1. The number of aliphatic hydroxyl groups is 1. The van der Waals surface area contributed by atoms with Crippen molar-refractivity contribution < 1.29 is 14.6 Å². The van der Waals surface area contributed by atoms with Gasteiger partial charge in [-0.2, -0.15) is 0 Å². The molecule has 0 radical (unpaired) electrons. The van der Waals surface area contributed by atoms with Crippen LogP contribution >= 0.6 is 0 Å².